The van der Waals surface area contributed by atoms with Crippen molar-refractivity contribution >= 4 is 6.02 Å². The highest BCUT2D eigenvalue weighted by atomic mass is 16.5. The molecule has 1 unspecified atom stereocenters. The van der Waals surface area contributed by atoms with E-state index in [1.165, 1.54) is 5.56 Å². The minimum Gasteiger partial charge on any atom is -0.493 e. The number of nitrogens with two attached hydrogens (primary N) is 1. The van der Waals surface area contributed by atoms with Gasteiger partial charge in [0.25, 0.3) is 6.02 Å². The minimum absolute atomic E-state index is 0.193. The average molecular weight is 381 g/mol. The summed E-state index contributed by atoms with van der Waals surface area (Å²) in [5, 5.41) is 9.22. The monoisotopic (exact) mass is 381 g/mol. The van der Waals surface area contributed by atoms with Crippen LogP contribution >= 0.6 is 0 Å². The van der Waals surface area contributed by atoms with Crippen LogP contribution in [0, 0.1) is 11.3 Å². The first kappa shape index (κ1) is 17.3. The average Bonchev–Trinajstić information content (AvgIpc) is 3.40. The molecular weight excluding hydrogens is 362 g/mol. The molecule has 0 radical (unpaired) electrons. The van der Waals surface area contributed by atoms with Crippen molar-refractivity contribution in [2.75, 3.05) is 13.2 Å². The second kappa shape index (κ2) is 6.68. The zero-order chi connectivity index (χ0) is 19.8. The first-order valence-corrected chi connectivity index (χ1v) is 9.53. The molecule has 5 heteroatoms. The van der Waals surface area contributed by atoms with Gasteiger partial charge >= 0.3 is 0 Å². The fraction of sp³-hybridized carbons (Fsp3) is 0.167. The molecule has 2 N–H and O–H groups in total. The number of rotatable bonds is 3. The number of amidine groups is 1. The number of benzene rings is 3. The summed E-state index contributed by atoms with van der Waals surface area (Å²) in [6, 6.07) is 24.4. The topological polar surface area (TPSA) is 80.6 Å². The maximum atomic E-state index is 9.22. The Morgan fingerprint density at radius 1 is 0.931 bits per heavy atom. The molecule has 2 heterocycles. The maximum absolute atomic E-state index is 9.22. The lowest BCUT2D eigenvalue weighted by Gasteiger charge is -2.26. The van der Waals surface area contributed by atoms with Gasteiger partial charge in [0.2, 0.25) is 0 Å². The molecule has 5 nitrogen and oxygen atoms in total. The van der Waals surface area contributed by atoms with Gasteiger partial charge in [-0.2, -0.15) is 5.26 Å². The molecule has 0 fully saturated rings. The standard InChI is InChI=1S/C24H19N3O2/c25-14-16-3-1-4-17(11-16)18-5-2-6-20(12-18)24(15-29-23(26)27-24)21-7-8-22-19(13-21)9-10-28-22/h1-8,11-13H,9-10,15H2,(H2,26,27). The number of aliphatic imine (C=N–C) groups is 1. The van der Waals surface area contributed by atoms with E-state index in [1.807, 2.05) is 48.5 Å². The zero-order valence-corrected chi connectivity index (χ0v) is 15.8. The fourth-order valence-corrected chi connectivity index (χ4v) is 4.06. The van der Waals surface area contributed by atoms with Crippen LogP contribution in [0.15, 0.2) is 71.7 Å². The zero-order valence-electron chi connectivity index (χ0n) is 15.8. The molecule has 0 spiro atoms. The largest absolute Gasteiger partial charge is 0.493 e. The van der Waals surface area contributed by atoms with Gasteiger partial charge in [0, 0.05) is 6.42 Å². The molecular formula is C24H19N3O2. The Labute approximate surface area is 169 Å². The Hall–Kier alpha value is -3.78. The van der Waals surface area contributed by atoms with Gasteiger partial charge < -0.3 is 15.2 Å². The summed E-state index contributed by atoms with van der Waals surface area (Å²) in [5.74, 6) is 0.932. The number of nitriles is 1. The van der Waals surface area contributed by atoms with E-state index in [4.69, 9.17) is 20.2 Å². The van der Waals surface area contributed by atoms with Crippen LogP contribution in [0.1, 0.15) is 22.3 Å². The molecule has 2 aliphatic rings. The van der Waals surface area contributed by atoms with E-state index >= 15 is 0 Å². The van der Waals surface area contributed by atoms with Crippen molar-refractivity contribution in [1.82, 2.24) is 0 Å². The minimum atomic E-state index is -0.704. The molecule has 0 saturated carbocycles. The van der Waals surface area contributed by atoms with Crippen LogP contribution < -0.4 is 10.5 Å². The quantitative estimate of drug-likeness (QED) is 0.749. The van der Waals surface area contributed by atoms with Crippen molar-refractivity contribution in [3.63, 3.8) is 0 Å². The van der Waals surface area contributed by atoms with Crippen molar-refractivity contribution in [2.45, 2.75) is 12.0 Å². The molecule has 2 aliphatic heterocycles. The van der Waals surface area contributed by atoms with E-state index in [9.17, 15) is 5.26 Å². The summed E-state index contributed by atoms with van der Waals surface area (Å²) >= 11 is 0. The Morgan fingerprint density at radius 3 is 2.52 bits per heavy atom. The van der Waals surface area contributed by atoms with Crippen molar-refractivity contribution in [1.29, 1.82) is 5.26 Å². The molecule has 0 aliphatic carbocycles. The molecule has 0 saturated heterocycles. The highest BCUT2D eigenvalue weighted by molar-refractivity contribution is 5.76. The Morgan fingerprint density at radius 2 is 1.72 bits per heavy atom. The Balaban J connectivity index is 1.64. The normalized spacial score (nSPS) is 19.6. The summed E-state index contributed by atoms with van der Waals surface area (Å²) in [5.41, 5.74) is 11.1. The first-order valence-electron chi connectivity index (χ1n) is 9.53. The molecule has 5 rings (SSSR count). The van der Waals surface area contributed by atoms with Gasteiger partial charge in [0.15, 0.2) is 5.54 Å². The van der Waals surface area contributed by atoms with Gasteiger partial charge in [-0.1, -0.05) is 36.4 Å². The van der Waals surface area contributed by atoms with E-state index in [0.29, 0.717) is 18.8 Å². The van der Waals surface area contributed by atoms with E-state index < -0.39 is 5.54 Å². The van der Waals surface area contributed by atoms with E-state index in [-0.39, 0.29) is 6.02 Å². The molecule has 1 atom stereocenters. The molecule has 142 valence electrons. The van der Waals surface area contributed by atoms with Gasteiger partial charge in [-0.3, -0.25) is 0 Å². The Kier molecular flexibility index (Phi) is 3.99. The summed E-state index contributed by atoms with van der Waals surface area (Å²) in [7, 11) is 0. The van der Waals surface area contributed by atoms with E-state index in [1.54, 1.807) is 6.07 Å². The third-order valence-corrected chi connectivity index (χ3v) is 5.56. The number of hydrogen-bond donors (Lipinski definition) is 1. The predicted molar refractivity (Wildman–Crippen MR) is 111 cm³/mol. The van der Waals surface area contributed by atoms with Crippen LogP contribution in [0.2, 0.25) is 0 Å². The van der Waals surface area contributed by atoms with Crippen LogP contribution in [0.5, 0.6) is 5.75 Å². The SMILES string of the molecule is N#Cc1cccc(-c2cccc(C3(c4ccc5c(c4)CCO5)COC(N)=N3)c2)c1. The van der Waals surface area contributed by atoms with Gasteiger partial charge in [0.1, 0.15) is 12.4 Å². The highest BCUT2D eigenvalue weighted by Crippen LogP contribution is 2.41. The third kappa shape index (κ3) is 2.90. The summed E-state index contributed by atoms with van der Waals surface area (Å²) in [6.07, 6.45) is 0.889. The number of fused-ring (bicyclic) bond motifs is 1. The lowest BCUT2D eigenvalue weighted by atomic mass is 9.82. The summed E-state index contributed by atoms with van der Waals surface area (Å²) < 4.78 is 11.3. The number of hydrogen-bond acceptors (Lipinski definition) is 5. The molecule has 0 bridgehead atoms. The maximum Gasteiger partial charge on any atom is 0.283 e. The molecule has 0 aromatic heterocycles. The van der Waals surface area contributed by atoms with Crippen LogP contribution in [-0.4, -0.2) is 19.2 Å². The van der Waals surface area contributed by atoms with E-state index in [0.717, 1.165) is 34.4 Å². The van der Waals surface area contributed by atoms with Crippen molar-refractivity contribution in [3.05, 3.63) is 89.0 Å². The van der Waals surface area contributed by atoms with Crippen LogP contribution in [0.3, 0.4) is 0 Å². The second-order valence-electron chi connectivity index (χ2n) is 7.29. The van der Waals surface area contributed by atoms with Crippen molar-refractivity contribution in [3.8, 4) is 22.9 Å². The fourth-order valence-electron chi connectivity index (χ4n) is 4.06. The van der Waals surface area contributed by atoms with Gasteiger partial charge in [0.05, 0.1) is 18.2 Å². The van der Waals surface area contributed by atoms with Crippen molar-refractivity contribution < 1.29 is 9.47 Å². The van der Waals surface area contributed by atoms with Gasteiger partial charge in [-0.25, -0.2) is 4.99 Å². The molecule has 3 aromatic carbocycles. The predicted octanol–water partition coefficient (Wildman–Crippen LogP) is 3.75. The lowest BCUT2D eigenvalue weighted by Crippen LogP contribution is -2.27. The van der Waals surface area contributed by atoms with Gasteiger partial charge in [-0.05, 0) is 58.1 Å². The van der Waals surface area contributed by atoms with Crippen molar-refractivity contribution in [2.24, 2.45) is 10.7 Å². The van der Waals surface area contributed by atoms with Crippen LogP contribution in [0.4, 0.5) is 0 Å². The molecule has 29 heavy (non-hydrogen) atoms. The van der Waals surface area contributed by atoms with E-state index in [2.05, 4.69) is 18.2 Å². The second-order valence-corrected chi connectivity index (χ2v) is 7.29. The van der Waals surface area contributed by atoms with Crippen LogP contribution in [0.25, 0.3) is 11.1 Å². The highest BCUT2D eigenvalue weighted by Gasteiger charge is 2.40. The number of ether oxygens (including phenoxy) is 2. The first-order chi connectivity index (χ1) is 14.2. The smallest absolute Gasteiger partial charge is 0.283 e. The van der Waals surface area contributed by atoms with Crippen LogP contribution in [-0.2, 0) is 16.7 Å². The molecule has 0 amide bonds. The van der Waals surface area contributed by atoms with Gasteiger partial charge in [-0.15, -0.1) is 0 Å². The lowest BCUT2D eigenvalue weighted by molar-refractivity contribution is 0.278. The molecule has 3 aromatic rings. The Bertz CT molecular complexity index is 1180. The third-order valence-electron chi connectivity index (χ3n) is 5.56. The number of nitrogens with zero attached hydrogens (tertiary/aromatic N) is 2. The summed E-state index contributed by atoms with van der Waals surface area (Å²) in [4.78, 5) is 4.73. The summed E-state index contributed by atoms with van der Waals surface area (Å²) in [6.45, 7) is 1.05.